The predicted octanol–water partition coefficient (Wildman–Crippen LogP) is 0.201. The molecule has 3 N–H and O–H groups in total. The summed E-state index contributed by atoms with van der Waals surface area (Å²) in [5, 5.41) is 6.34. The first kappa shape index (κ1) is 8.70. The smallest absolute Gasteiger partial charge is 0.288 e. The van der Waals surface area contributed by atoms with Gasteiger partial charge in [-0.05, 0) is 0 Å². The molecule has 0 saturated carbocycles. The topological polar surface area (TPSA) is 84.7 Å². The van der Waals surface area contributed by atoms with Crippen molar-refractivity contribution in [1.82, 2.24) is 15.2 Å². The molecule has 0 atom stereocenters. The number of aromatic nitrogens is 3. The fourth-order valence-electron chi connectivity index (χ4n) is 0.707. The Balaban J connectivity index is 3.00. The molecule has 0 bridgehead atoms. The summed E-state index contributed by atoms with van der Waals surface area (Å²) in [6.45, 7) is 5.91. The SMILES string of the molecule is CC(C)(C)c1nc(C(N)=O)n[nH]1. The molecule has 0 aliphatic carbocycles. The van der Waals surface area contributed by atoms with Crippen LogP contribution >= 0.6 is 0 Å². The van der Waals surface area contributed by atoms with Gasteiger partial charge < -0.3 is 5.73 Å². The lowest BCUT2D eigenvalue weighted by atomic mass is 9.96. The first-order valence-electron chi connectivity index (χ1n) is 3.64. The van der Waals surface area contributed by atoms with Crippen LogP contribution in [0.2, 0.25) is 0 Å². The Labute approximate surface area is 70.4 Å². The highest BCUT2D eigenvalue weighted by Crippen LogP contribution is 2.16. The lowest BCUT2D eigenvalue weighted by molar-refractivity contribution is 0.0991. The van der Waals surface area contributed by atoms with Gasteiger partial charge in [-0.3, -0.25) is 9.89 Å². The summed E-state index contributed by atoms with van der Waals surface area (Å²) >= 11 is 0. The fraction of sp³-hybridized carbons (Fsp3) is 0.571. The summed E-state index contributed by atoms with van der Waals surface area (Å²) in [5.41, 5.74) is 4.85. The number of amides is 1. The van der Waals surface area contributed by atoms with Gasteiger partial charge in [0, 0.05) is 5.41 Å². The zero-order valence-electron chi connectivity index (χ0n) is 7.38. The second kappa shape index (κ2) is 2.58. The van der Waals surface area contributed by atoms with Crippen molar-refractivity contribution in [2.75, 3.05) is 0 Å². The van der Waals surface area contributed by atoms with Gasteiger partial charge in [0.2, 0.25) is 5.82 Å². The third-order valence-corrected chi connectivity index (χ3v) is 1.42. The number of hydrogen-bond donors (Lipinski definition) is 2. The summed E-state index contributed by atoms with van der Waals surface area (Å²) in [6.07, 6.45) is 0. The molecule has 1 aromatic rings. The number of nitrogens with zero attached hydrogens (tertiary/aromatic N) is 2. The Morgan fingerprint density at radius 3 is 2.33 bits per heavy atom. The Bertz CT molecular complexity index is 297. The molecule has 0 aliphatic heterocycles. The van der Waals surface area contributed by atoms with E-state index in [1.54, 1.807) is 0 Å². The van der Waals surface area contributed by atoms with Crippen LogP contribution in [0.4, 0.5) is 0 Å². The van der Waals surface area contributed by atoms with Crippen molar-refractivity contribution in [3.05, 3.63) is 11.6 Å². The number of rotatable bonds is 1. The summed E-state index contributed by atoms with van der Waals surface area (Å²) in [6, 6.07) is 0. The second-order valence-electron chi connectivity index (χ2n) is 3.62. The molecule has 0 radical (unpaired) electrons. The van der Waals surface area contributed by atoms with E-state index in [1.165, 1.54) is 0 Å². The number of H-pyrrole nitrogens is 1. The molecule has 1 aromatic heterocycles. The molecule has 0 fully saturated rings. The van der Waals surface area contributed by atoms with Crippen molar-refractivity contribution in [2.45, 2.75) is 26.2 Å². The number of carbonyl (C=O) groups excluding carboxylic acids is 1. The number of hydrogen-bond acceptors (Lipinski definition) is 3. The summed E-state index contributed by atoms with van der Waals surface area (Å²) in [4.78, 5) is 14.6. The molecule has 0 spiro atoms. The maximum atomic E-state index is 10.6. The van der Waals surface area contributed by atoms with E-state index in [1.807, 2.05) is 20.8 Å². The molecule has 5 nitrogen and oxygen atoms in total. The molecule has 0 aliphatic rings. The van der Waals surface area contributed by atoms with Crippen LogP contribution < -0.4 is 5.73 Å². The van der Waals surface area contributed by atoms with E-state index in [2.05, 4.69) is 15.2 Å². The van der Waals surface area contributed by atoms with Crippen LogP contribution in [0.3, 0.4) is 0 Å². The molecular weight excluding hydrogens is 156 g/mol. The van der Waals surface area contributed by atoms with Crippen LogP contribution in [0, 0.1) is 0 Å². The number of carbonyl (C=O) groups is 1. The Morgan fingerprint density at radius 1 is 1.50 bits per heavy atom. The molecule has 1 amide bonds. The minimum atomic E-state index is -0.609. The molecule has 12 heavy (non-hydrogen) atoms. The van der Waals surface area contributed by atoms with E-state index in [4.69, 9.17) is 5.73 Å². The molecule has 5 heteroatoms. The number of nitrogens with two attached hydrogens (primary N) is 1. The first-order chi connectivity index (χ1) is 5.41. The van der Waals surface area contributed by atoms with Crippen molar-refractivity contribution in [2.24, 2.45) is 5.73 Å². The standard InChI is InChI=1S/C7H12N4O/c1-7(2,3)6-9-5(4(8)12)10-11-6/h1-3H3,(H2,8,12)(H,9,10,11). The predicted molar refractivity (Wildman–Crippen MR) is 43.6 cm³/mol. The molecule has 0 unspecified atom stereocenters. The van der Waals surface area contributed by atoms with Gasteiger partial charge in [0.25, 0.3) is 5.91 Å². The van der Waals surface area contributed by atoms with E-state index in [-0.39, 0.29) is 11.2 Å². The Morgan fingerprint density at radius 2 is 2.08 bits per heavy atom. The molecule has 0 aromatic carbocycles. The van der Waals surface area contributed by atoms with Crippen molar-refractivity contribution < 1.29 is 4.79 Å². The van der Waals surface area contributed by atoms with E-state index in [0.29, 0.717) is 5.82 Å². The average molecular weight is 168 g/mol. The van der Waals surface area contributed by atoms with Gasteiger partial charge in [0.05, 0.1) is 0 Å². The van der Waals surface area contributed by atoms with Crippen molar-refractivity contribution in [1.29, 1.82) is 0 Å². The van der Waals surface area contributed by atoms with Crippen LogP contribution in [0.25, 0.3) is 0 Å². The molecule has 1 rings (SSSR count). The van der Waals surface area contributed by atoms with Gasteiger partial charge in [-0.15, -0.1) is 5.10 Å². The van der Waals surface area contributed by atoms with Crippen LogP contribution in [0.1, 0.15) is 37.2 Å². The van der Waals surface area contributed by atoms with E-state index < -0.39 is 5.91 Å². The van der Waals surface area contributed by atoms with Crippen molar-refractivity contribution >= 4 is 5.91 Å². The number of aromatic amines is 1. The summed E-state index contributed by atoms with van der Waals surface area (Å²) < 4.78 is 0. The van der Waals surface area contributed by atoms with Gasteiger partial charge in [-0.25, -0.2) is 4.98 Å². The second-order valence-corrected chi connectivity index (χ2v) is 3.62. The first-order valence-corrected chi connectivity index (χ1v) is 3.64. The highest BCUT2D eigenvalue weighted by atomic mass is 16.1. The minimum absolute atomic E-state index is 0.0416. The zero-order chi connectivity index (χ0) is 9.35. The Hall–Kier alpha value is -1.39. The quantitative estimate of drug-likeness (QED) is 0.628. The zero-order valence-corrected chi connectivity index (χ0v) is 7.38. The highest BCUT2D eigenvalue weighted by Gasteiger charge is 2.19. The van der Waals surface area contributed by atoms with Crippen LogP contribution in [-0.2, 0) is 5.41 Å². The maximum Gasteiger partial charge on any atom is 0.288 e. The lowest BCUT2D eigenvalue weighted by Gasteiger charge is -2.12. The van der Waals surface area contributed by atoms with Gasteiger partial charge in [0.15, 0.2) is 0 Å². The highest BCUT2D eigenvalue weighted by molar-refractivity contribution is 5.88. The number of primary amides is 1. The van der Waals surface area contributed by atoms with Crippen LogP contribution in [0.15, 0.2) is 0 Å². The lowest BCUT2D eigenvalue weighted by Crippen LogP contribution is -2.15. The molecule has 1 heterocycles. The summed E-state index contributed by atoms with van der Waals surface area (Å²) in [5.74, 6) is 0.0953. The fourth-order valence-corrected chi connectivity index (χ4v) is 0.707. The van der Waals surface area contributed by atoms with Gasteiger partial charge >= 0.3 is 0 Å². The van der Waals surface area contributed by atoms with Gasteiger partial charge in [-0.1, -0.05) is 20.8 Å². The number of nitrogens with one attached hydrogen (secondary N) is 1. The molecule has 0 saturated heterocycles. The van der Waals surface area contributed by atoms with Gasteiger partial charge in [0.1, 0.15) is 5.82 Å². The maximum absolute atomic E-state index is 10.6. The van der Waals surface area contributed by atoms with Crippen LogP contribution in [0.5, 0.6) is 0 Å². The van der Waals surface area contributed by atoms with E-state index >= 15 is 0 Å². The van der Waals surface area contributed by atoms with Crippen molar-refractivity contribution in [3.63, 3.8) is 0 Å². The molecule has 66 valence electrons. The van der Waals surface area contributed by atoms with E-state index in [0.717, 1.165) is 0 Å². The normalized spacial score (nSPS) is 11.6. The van der Waals surface area contributed by atoms with Gasteiger partial charge in [-0.2, -0.15) is 0 Å². The third-order valence-electron chi connectivity index (χ3n) is 1.42. The van der Waals surface area contributed by atoms with Crippen LogP contribution in [-0.4, -0.2) is 21.1 Å². The minimum Gasteiger partial charge on any atom is -0.363 e. The van der Waals surface area contributed by atoms with E-state index in [9.17, 15) is 4.79 Å². The summed E-state index contributed by atoms with van der Waals surface area (Å²) in [7, 11) is 0. The largest absolute Gasteiger partial charge is 0.363 e. The Kier molecular flexibility index (Phi) is 1.87. The monoisotopic (exact) mass is 168 g/mol. The average Bonchev–Trinajstić information content (AvgIpc) is 2.30. The van der Waals surface area contributed by atoms with Crippen molar-refractivity contribution in [3.8, 4) is 0 Å². The third kappa shape index (κ3) is 1.61. The molecular formula is C7H12N4O.